The van der Waals surface area contributed by atoms with E-state index in [-0.39, 0.29) is 47.7 Å². The van der Waals surface area contributed by atoms with Crippen LogP contribution in [0, 0.1) is 5.82 Å². The van der Waals surface area contributed by atoms with E-state index in [0.717, 1.165) is 116 Å². The van der Waals surface area contributed by atoms with Crippen LogP contribution >= 0.6 is 0 Å². The van der Waals surface area contributed by atoms with E-state index in [9.17, 15) is 19.2 Å². The van der Waals surface area contributed by atoms with Crippen molar-refractivity contribution in [3.8, 4) is 17.1 Å². The first-order valence-electron chi connectivity index (χ1n) is 20.3. The Bertz CT molecular complexity index is 2290. The van der Waals surface area contributed by atoms with Gasteiger partial charge in [-0.2, -0.15) is 5.10 Å². The quantitative estimate of drug-likeness (QED) is 0.223. The Labute approximate surface area is 328 Å². The second-order valence-electron chi connectivity index (χ2n) is 16.8. The molecule has 2 aromatic heterocycles. The number of aromatic nitrogens is 4. The van der Waals surface area contributed by atoms with Gasteiger partial charge in [-0.3, -0.25) is 34.5 Å². The Balaban J connectivity index is 0.698. The van der Waals surface area contributed by atoms with Crippen LogP contribution in [0.15, 0.2) is 42.7 Å². The van der Waals surface area contributed by atoms with Gasteiger partial charge in [0.1, 0.15) is 41.0 Å². The number of anilines is 1. The van der Waals surface area contributed by atoms with Crippen molar-refractivity contribution in [3.63, 3.8) is 0 Å². The fraction of sp³-hybridized carbons (Fsp3) is 0.500. The minimum absolute atomic E-state index is 0.0129. The van der Waals surface area contributed by atoms with E-state index >= 15 is 4.39 Å². The van der Waals surface area contributed by atoms with Gasteiger partial charge in [0.05, 0.1) is 34.5 Å². The minimum atomic E-state index is -1.12. The Morgan fingerprint density at radius 1 is 0.877 bits per heavy atom. The van der Waals surface area contributed by atoms with Crippen LogP contribution < -0.4 is 15.0 Å². The molecule has 57 heavy (non-hydrogen) atoms. The summed E-state index contributed by atoms with van der Waals surface area (Å²) in [6.45, 7) is 5.45. The number of carbonyl (C=O) groups excluding carboxylic acids is 4. The lowest BCUT2D eigenvalue weighted by Gasteiger charge is -2.47. The van der Waals surface area contributed by atoms with Gasteiger partial charge < -0.3 is 19.3 Å². The van der Waals surface area contributed by atoms with Crippen molar-refractivity contribution in [1.29, 1.82) is 0 Å². The van der Waals surface area contributed by atoms with E-state index < -0.39 is 35.5 Å². The highest BCUT2D eigenvalue weighted by atomic mass is 19.1. The van der Waals surface area contributed by atoms with E-state index in [1.165, 1.54) is 6.07 Å². The van der Waals surface area contributed by atoms with E-state index in [1.807, 2.05) is 24.3 Å². The maximum Gasteiger partial charge on any atom is 0.265 e. The first-order valence-corrected chi connectivity index (χ1v) is 20.3. The number of imide groups is 2. The molecule has 14 nitrogen and oxygen atoms in total. The normalized spacial score (nSPS) is 25.5. The molecule has 4 aromatic rings. The molecule has 4 aliphatic heterocycles. The van der Waals surface area contributed by atoms with Gasteiger partial charge in [-0.1, -0.05) is 6.07 Å². The number of halogens is 1. The zero-order valence-electron chi connectivity index (χ0n) is 31.8. The van der Waals surface area contributed by atoms with Crippen LogP contribution in [-0.4, -0.2) is 110 Å². The van der Waals surface area contributed by atoms with Crippen LogP contribution in [0.5, 0.6) is 5.75 Å². The number of likely N-dealkylation sites (tertiary alicyclic amines) is 1. The summed E-state index contributed by atoms with van der Waals surface area (Å²) in [5.74, 6) is -1.69. The third-order valence-electron chi connectivity index (χ3n) is 13.0. The Kier molecular flexibility index (Phi) is 8.85. The minimum Gasteiger partial charge on any atom is -0.488 e. The average molecular weight is 777 g/mol. The van der Waals surface area contributed by atoms with Crippen LogP contribution in [-0.2, 0) is 14.3 Å². The molecule has 3 saturated heterocycles. The molecule has 4 amide bonds. The number of hydrogen-bond donors (Lipinski definition) is 2. The molecule has 296 valence electrons. The summed E-state index contributed by atoms with van der Waals surface area (Å²) in [6.07, 6.45) is 9.49. The van der Waals surface area contributed by atoms with Gasteiger partial charge in [-0.15, -0.1) is 0 Å². The summed E-state index contributed by atoms with van der Waals surface area (Å²) in [4.78, 5) is 65.3. The summed E-state index contributed by atoms with van der Waals surface area (Å²) >= 11 is 0. The van der Waals surface area contributed by atoms with Gasteiger partial charge in [0.25, 0.3) is 11.8 Å². The van der Waals surface area contributed by atoms with E-state index in [4.69, 9.17) is 9.47 Å². The standard InChI is InChI=1S/C42H45FN8O6/c1-42(12-13-42)57-26-2-5-31-30(20-26)38(48-47-31)32-21-34(45-22-44-32)50-16-10-25(11-17-50)56-27-18-24(19-27)49-14-8-23(9-15-49)28-3-4-29-36(37(28)43)41(55)51(40(29)54)33-6-7-35(52)46-39(33)53/h2-5,20-25,27,33H,6-19H2,1H3,(H,47,48)(H,46,52,53). The number of rotatable bonds is 9. The van der Waals surface area contributed by atoms with Crippen LogP contribution in [0.4, 0.5) is 10.2 Å². The molecule has 2 aliphatic carbocycles. The van der Waals surface area contributed by atoms with Crippen molar-refractivity contribution in [2.24, 2.45) is 0 Å². The number of benzene rings is 2. The summed E-state index contributed by atoms with van der Waals surface area (Å²) in [6, 6.07) is 10.5. The summed E-state index contributed by atoms with van der Waals surface area (Å²) < 4.78 is 28.8. The molecule has 0 spiro atoms. The van der Waals surface area contributed by atoms with Gasteiger partial charge in [0.15, 0.2) is 0 Å². The highest BCUT2D eigenvalue weighted by Gasteiger charge is 2.47. The number of ether oxygens (including phenoxy) is 2. The van der Waals surface area contributed by atoms with Gasteiger partial charge >= 0.3 is 0 Å². The molecule has 2 saturated carbocycles. The number of H-pyrrole nitrogens is 1. The number of hydrogen-bond acceptors (Lipinski definition) is 11. The van der Waals surface area contributed by atoms with Gasteiger partial charge in [-0.05, 0) is 114 Å². The third kappa shape index (κ3) is 6.63. The van der Waals surface area contributed by atoms with E-state index in [2.05, 4.69) is 42.2 Å². The van der Waals surface area contributed by atoms with E-state index in [0.29, 0.717) is 11.6 Å². The van der Waals surface area contributed by atoms with Crippen molar-refractivity contribution < 1.29 is 33.0 Å². The first-order chi connectivity index (χ1) is 27.6. The summed E-state index contributed by atoms with van der Waals surface area (Å²) in [7, 11) is 0. The lowest BCUT2D eigenvalue weighted by molar-refractivity contribution is -0.136. The van der Waals surface area contributed by atoms with Crippen molar-refractivity contribution in [3.05, 3.63) is 65.2 Å². The summed E-state index contributed by atoms with van der Waals surface area (Å²) in [5, 5.41) is 10.9. The molecule has 1 atom stereocenters. The Morgan fingerprint density at radius 2 is 1.67 bits per heavy atom. The first kappa shape index (κ1) is 36.1. The molecule has 6 heterocycles. The van der Waals surface area contributed by atoms with Crippen molar-refractivity contribution in [2.75, 3.05) is 31.1 Å². The fourth-order valence-electron chi connectivity index (χ4n) is 9.33. The molecule has 5 fully saturated rings. The molecule has 0 radical (unpaired) electrons. The predicted molar refractivity (Wildman–Crippen MR) is 205 cm³/mol. The monoisotopic (exact) mass is 776 g/mol. The number of aromatic amines is 1. The molecular weight excluding hydrogens is 732 g/mol. The summed E-state index contributed by atoms with van der Waals surface area (Å²) in [5.41, 5.74) is 2.58. The Hall–Kier alpha value is -5.28. The number of piperidine rings is 3. The van der Waals surface area contributed by atoms with Gasteiger partial charge in [-0.25, -0.2) is 14.4 Å². The van der Waals surface area contributed by atoms with E-state index in [1.54, 1.807) is 12.4 Å². The number of fused-ring (bicyclic) bond motifs is 2. The fourth-order valence-corrected chi connectivity index (χ4v) is 9.33. The van der Waals surface area contributed by atoms with Gasteiger partial charge in [0.2, 0.25) is 11.8 Å². The maximum atomic E-state index is 16.0. The molecular formula is C42H45FN8O6. The number of nitrogens with zero attached hydrogens (tertiary/aromatic N) is 6. The second-order valence-corrected chi connectivity index (χ2v) is 16.8. The molecule has 0 bridgehead atoms. The van der Waals surface area contributed by atoms with Crippen LogP contribution in [0.2, 0.25) is 0 Å². The largest absolute Gasteiger partial charge is 0.488 e. The molecule has 1 unspecified atom stereocenters. The molecule has 10 rings (SSSR count). The highest BCUT2D eigenvalue weighted by molar-refractivity contribution is 6.23. The number of amides is 4. The SMILES string of the molecule is CC1(Oc2ccc3[nH]nc(-c4cc(N5CCC(OC6CC(N7CCC(c8ccc9c(c8F)C(=O)N(C8CCC(=O)NC8=O)C9=O)CC7)C6)CC5)ncn4)c3c2)CC1. The second kappa shape index (κ2) is 14.0. The van der Waals surface area contributed by atoms with Crippen LogP contribution in [0.3, 0.4) is 0 Å². The molecule has 15 heteroatoms. The predicted octanol–water partition coefficient (Wildman–Crippen LogP) is 4.89. The van der Waals surface area contributed by atoms with Crippen molar-refractivity contribution in [2.45, 2.75) is 107 Å². The third-order valence-corrected chi connectivity index (χ3v) is 13.0. The zero-order valence-corrected chi connectivity index (χ0v) is 31.8. The highest BCUT2D eigenvalue weighted by Crippen LogP contribution is 2.42. The number of carbonyl (C=O) groups is 4. The zero-order chi connectivity index (χ0) is 39.0. The smallest absolute Gasteiger partial charge is 0.265 e. The van der Waals surface area contributed by atoms with Crippen LogP contribution in [0.25, 0.3) is 22.3 Å². The molecule has 6 aliphatic rings. The number of nitrogens with one attached hydrogen (secondary N) is 2. The maximum absolute atomic E-state index is 16.0. The lowest BCUT2D eigenvalue weighted by Crippen LogP contribution is -2.54. The lowest BCUT2D eigenvalue weighted by atomic mass is 9.82. The van der Waals surface area contributed by atoms with Gasteiger partial charge in [0, 0.05) is 37.0 Å². The van der Waals surface area contributed by atoms with Crippen LogP contribution in [0.1, 0.15) is 103 Å². The van der Waals surface area contributed by atoms with Crippen molar-refractivity contribution in [1.82, 2.24) is 35.3 Å². The van der Waals surface area contributed by atoms with Crippen molar-refractivity contribution >= 4 is 40.3 Å². The molecule has 2 aromatic carbocycles. The average Bonchev–Trinajstić information content (AvgIpc) is 3.67. The molecule has 2 N–H and O–H groups in total. The Morgan fingerprint density at radius 3 is 2.42 bits per heavy atom. The topological polar surface area (TPSA) is 163 Å².